The summed E-state index contributed by atoms with van der Waals surface area (Å²) >= 11 is 5.98. The van der Waals surface area contributed by atoms with E-state index in [4.69, 9.17) is 16.3 Å². The summed E-state index contributed by atoms with van der Waals surface area (Å²) < 4.78 is 43.0. The number of rotatable bonds is 7. The largest absolute Gasteiger partial charge is 0.417 e. The van der Waals surface area contributed by atoms with Crippen molar-refractivity contribution in [2.24, 2.45) is 5.92 Å². The highest BCUT2D eigenvalue weighted by molar-refractivity contribution is 6.33. The molecule has 0 bridgehead atoms. The molecule has 1 saturated heterocycles. The van der Waals surface area contributed by atoms with Crippen molar-refractivity contribution in [2.45, 2.75) is 31.9 Å². The highest BCUT2D eigenvalue weighted by atomic mass is 35.5. The fourth-order valence-electron chi connectivity index (χ4n) is 2.90. The van der Waals surface area contributed by atoms with Gasteiger partial charge < -0.3 is 15.0 Å². The zero-order valence-electron chi connectivity index (χ0n) is 14.6. The van der Waals surface area contributed by atoms with Crippen LogP contribution in [-0.4, -0.2) is 44.2 Å². The second-order valence-corrected chi connectivity index (χ2v) is 6.69. The van der Waals surface area contributed by atoms with Gasteiger partial charge in [-0.05, 0) is 31.7 Å². The first kappa shape index (κ1) is 20.8. The highest BCUT2D eigenvalue weighted by Crippen LogP contribution is 2.34. The molecular formula is C17H23ClF3N3O2. The number of piperidine rings is 1. The van der Waals surface area contributed by atoms with Crippen LogP contribution in [0.1, 0.15) is 31.2 Å². The number of ether oxygens (including phenoxy) is 1. The molecule has 26 heavy (non-hydrogen) atoms. The molecule has 9 heteroatoms. The maximum atomic E-state index is 12.7. The fourth-order valence-corrected chi connectivity index (χ4v) is 3.19. The van der Waals surface area contributed by atoms with E-state index in [2.05, 4.69) is 10.3 Å². The lowest BCUT2D eigenvalue weighted by Crippen LogP contribution is -2.41. The van der Waals surface area contributed by atoms with Gasteiger partial charge in [-0.3, -0.25) is 4.79 Å². The second kappa shape index (κ2) is 9.41. The molecule has 0 unspecified atom stereocenters. The lowest BCUT2D eigenvalue weighted by molar-refractivity contribution is -0.137. The molecule has 1 fully saturated rings. The van der Waals surface area contributed by atoms with Crippen LogP contribution in [0.2, 0.25) is 5.02 Å². The first-order chi connectivity index (χ1) is 12.3. The van der Waals surface area contributed by atoms with Crippen molar-refractivity contribution in [1.29, 1.82) is 0 Å². The summed E-state index contributed by atoms with van der Waals surface area (Å²) in [4.78, 5) is 17.9. The van der Waals surface area contributed by atoms with E-state index in [9.17, 15) is 18.0 Å². The molecule has 5 nitrogen and oxygen atoms in total. The van der Waals surface area contributed by atoms with Crippen molar-refractivity contribution in [3.63, 3.8) is 0 Å². The Labute approximate surface area is 155 Å². The molecule has 1 aromatic rings. The van der Waals surface area contributed by atoms with Crippen LogP contribution in [0.3, 0.4) is 0 Å². The molecule has 0 aromatic carbocycles. The minimum atomic E-state index is -4.47. The first-order valence-electron chi connectivity index (χ1n) is 8.57. The summed E-state index contributed by atoms with van der Waals surface area (Å²) in [5, 5.41) is 2.89. The molecule has 2 rings (SSSR count). The number of pyridine rings is 1. The van der Waals surface area contributed by atoms with Gasteiger partial charge in [-0.15, -0.1) is 0 Å². The van der Waals surface area contributed by atoms with Gasteiger partial charge in [0.25, 0.3) is 0 Å². The minimum absolute atomic E-state index is 0.0218. The van der Waals surface area contributed by atoms with Crippen LogP contribution in [-0.2, 0) is 15.7 Å². The van der Waals surface area contributed by atoms with Gasteiger partial charge in [0.05, 0.1) is 10.6 Å². The van der Waals surface area contributed by atoms with Gasteiger partial charge in [-0.2, -0.15) is 13.2 Å². The molecule has 1 N–H and O–H groups in total. The first-order valence-corrected chi connectivity index (χ1v) is 8.95. The number of amides is 1. The Bertz CT molecular complexity index is 605. The molecule has 1 aliphatic rings. The van der Waals surface area contributed by atoms with Gasteiger partial charge in [-0.1, -0.05) is 11.6 Å². The van der Waals surface area contributed by atoms with E-state index in [1.807, 2.05) is 4.90 Å². The zero-order valence-corrected chi connectivity index (χ0v) is 15.4. The predicted molar refractivity (Wildman–Crippen MR) is 93.3 cm³/mol. The Morgan fingerprint density at radius 3 is 2.65 bits per heavy atom. The van der Waals surface area contributed by atoms with Crippen LogP contribution >= 0.6 is 11.6 Å². The lowest BCUT2D eigenvalue weighted by atomic mass is 9.96. The van der Waals surface area contributed by atoms with Gasteiger partial charge in [0, 0.05) is 45.5 Å². The highest BCUT2D eigenvalue weighted by Gasteiger charge is 2.32. The Morgan fingerprint density at radius 1 is 1.38 bits per heavy atom. The Kier molecular flexibility index (Phi) is 7.52. The van der Waals surface area contributed by atoms with E-state index in [-0.39, 0.29) is 16.8 Å². The van der Waals surface area contributed by atoms with Crippen molar-refractivity contribution in [3.8, 4) is 0 Å². The number of unbranched alkanes of at least 4 members (excludes halogenated alkanes) is 1. The van der Waals surface area contributed by atoms with E-state index in [1.165, 1.54) is 0 Å². The number of carbonyl (C=O) groups is 1. The molecule has 1 aliphatic heterocycles. The number of hydrogen-bond donors (Lipinski definition) is 1. The van der Waals surface area contributed by atoms with Gasteiger partial charge >= 0.3 is 6.18 Å². The number of nitrogens with zero attached hydrogens (tertiary/aromatic N) is 2. The number of carbonyl (C=O) groups excluding carboxylic acids is 1. The van der Waals surface area contributed by atoms with Crippen LogP contribution in [0.15, 0.2) is 12.3 Å². The van der Waals surface area contributed by atoms with E-state index in [1.54, 1.807) is 7.11 Å². The molecule has 1 aromatic heterocycles. The van der Waals surface area contributed by atoms with Gasteiger partial charge in [-0.25, -0.2) is 4.98 Å². The van der Waals surface area contributed by atoms with Crippen LogP contribution in [0, 0.1) is 5.92 Å². The van der Waals surface area contributed by atoms with Crippen molar-refractivity contribution in [1.82, 2.24) is 10.3 Å². The molecule has 0 aliphatic carbocycles. The maximum Gasteiger partial charge on any atom is 0.417 e. The summed E-state index contributed by atoms with van der Waals surface area (Å²) in [6, 6.07) is 0.892. The molecule has 0 spiro atoms. The quantitative estimate of drug-likeness (QED) is 0.720. The van der Waals surface area contributed by atoms with Crippen molar-refractivity contribution in [2.75, 3.05) is 38.3 Å². The van der Waals surface area contributed by atoms with Crippen molar-refractivity contribution >= 4 is 23.3 Å². The fraction of sp³-hybridized carbons (Fsp3) is 0.647. The number of aromatic nitrogens is 1. The van der Waals surface area contributed by atoms with Gasteiger partial charge in [0.15, 0.2) is 0 Å². The number of nitrogens with one attached hydrogen (secondary N) is 1. The molecule has 0 atom stereocenters. The molecule has 2 heterocycles. The molecule has 146 valence electrons. The van der Waals surface area contributed by atoms with E-state index >= 15 is 0 Å². The molecular weight excluding hydrogens is 371 g/mol. The third kappa shape index (κ3) is 5.74. The lowest BCUT2D eigenvalue weighted by Gasteiger charge is -2.32. The van der Waals surface area contributed by atoms with Crippen molar-refractivity contribution < 1.29 is 22.7 Å². The Hall–Kier alpha value is -1.54. The number of anilines is 1. The summed E-state index contributed by atoms with van der Waals surface area (Å²) in [6.07, 6.45) is -0.688. The number of alkyl halides is 3. The molecule has 0 radical (unpaired) electrons. The third-order valence-electron chi connectivity index (χ3n) is 4.39. The monoisotopic (exact) mass is 393 g/mol. The third-order valence-corrected chi connectivity index (χ3v) is 4.67. The molecule has 0 saturated carbocycles. The molecule has 1 amide bonds. The Balaban J connectivity index is 1.83. The zero-order chi connectivity index (χ0) is 19.2. The van der Waals surface area contributed by atoms with Crippen LogP contribution in [0.5, 0.6) is 0 Å². The predicted octanol–water partition coefficient (Wildman–Crippen LogP) is 3.51. The topological polar surface area (TPSA) is 54.5 Å². The van der Waals surface area contributed by atoms with Crippen LogP contribution < -0.4 is 10.2 Å². The smallest absolute Gasteiger partial charge is 0.385 e. The minimum Gasteiger partial charge on any atom is -0.385 e. The van der Waals surface area contributed by atoms with Crippen molar-refractivity contribution in [3.05, 3.63) is 22.8 Å². The summed E-state index contributed by atoms with van der Waals surface area (Å²) in [7, 11) is 1.64. The van der Waals surface area contributed by atoms with E-state index < -0.39 is 11.7 Å². The standard InChI is InChI=1S/C17H23ClF3N3O2/c1-26-9-3-2-6-22-16(25)12-4-7-24(8-5-12)15-14(18)10-13(11-23-15)17(19,20)21/h10-12H,2-9H2,1H3,(H,22,25). The van der Waals surface area contributed by atoms with Crippen LogP contribution in [0.25, 0.3) is 0 Å². The van der Waals surface area contributed by atoms with Crippen LogP contribution in [0.4, 0.5) is 19.0 Å². The normalized spacial score (nSPS) is 16.0. The van der Waals surface area contributed by atoms with Gasteiger partial charge in [0.2, 0.25) is 5.91 Å². The average molecular weight is 394 g/mol. The summed E-state index contributed by atoms with van der Waals surface area (Å²) in [5.74, 6) is 0.258. The average Bonchev–Trinajstić information content (AvgIpc) is 2.60. The summed E-state index contributed by atoms with van der Waals surface area (Å²) in [5.41, 5.74) is -0.867. The number of halogens is 4. The Morgan fingerprint density at radius 2 is 2.08 bits per heavy atom. The number of methoxy groups -OCH3 is 1. The summed E-state index contributed by atoms with van der Waals surface area (Å²) in [6.45, 7) is 2.35. The number of hydrogen-bond acceptors (Lipinski definition) is 4. The van der Waals surface area contributed by atoms with E-state index in [0.717, 1.165) is 25.1 Å². The maximum absolute atomic E-state index is 12.7. The van der Waals surface area contributed by atoms with E-state index in [0.29, 0.717) is 44.9 Å². The second-order valence-electron chi connectivity index (χ2n) is 6.28. The SMILES string of the molecule is COCCCCNC(=O)C1CCN(c2ncc(C(F)(F)F)cc2Cl)CC1. The van der Waals surface area contributed by atoms with Gasteiger partial charge in [0.1, 0.15) is 5.82 Å².